The highest BCUT2D eigenvalue weighted by Gasteiger charge is 2.30. The Labute approximate surface area is 97.1 Å². The summed E-state index contributed by atoms with van der Waals surface area (Å²) in [5, 5.41) is 0. The van der Waals surface area contributed by atoms with E-state index in [4.69, 9.17) is 10.5 Å². The third-order valence-corrected chi connectivity index (χ3v) is 3.78. The molecule has 1 amide bonds. The maximum Gasteiger partial charge on any atom is 0.228 e. The Morgan fingerprint density at radius 2 is 2.06 bits per heavy atom. The lowest BCUT2D eigenvalue weighted by molar-refractivity contribution is -0.136. The summed E-state index contributed by atoms with van der Waals surface area (Å²) in [6, 6.07) is 0. The number of hydrogen-bond donors (Lipinski definition) is 1. The van der Waals surface area contributed by atoms with Gasteiger partial charge in [-0.05, 0) is 38.1 Å². The minimum atomic E-state index is 0.131. The van der Waals surface area contributed by atoms with E-state index in [9.17, 15) is 4.79 Å². The molecule has 0 bridgehead atoms. The minimum Gasteiger partial charge on any atom is -0.381 e. The number of nitrogens with two attached hydrogens (primary N) is 1. The molecule has 2 heterocycles. The van der Waals surface area contributed by atoms with Crippen molar-refractivity contribution < 1.29 is 9.53 Å². The Balaban J connectivity index is 1.77. The number of hydrogen-bond acceptors (Lipinski definition) is 3. The van der Waals surface area contributed by atoms with Crippen LogP contribution in [0.25, 0.3) is 0 Å². The molecule has 0 radical (unpaired) electrons. The smallest absolute Gasteiger partial charge is 0.228 e. The molecule has 2 fully saturated rings. The molecule has 2 aliphatic rings. The summed E-state index contributed by atoms with van der Waals surface area (Å²) < 4.78 is 5.26. The van der Waals surface area contributed by atoms with Gasteiger partial charge in [0, 0.05) is 19.7 Å². The molecule has 0 aliphatic carbocycles. The standard InChI is InChI=1S/C12H22N2O2/c13-5-1-10-2-6-14(7-3-10)12(15)11-4-8-16-9-11/h10-11H,1-9,13H2. The van der Waals surface area contributed by atoms with E-state index in [1.165, 1.54) is 0 Å². The number of nitrogens with zero attached hydrogens (tertiary/aromatic N) is 1. The Bertz CT molecular complexity index is 231. The summed E-state index contributed by atoms with van der Waals surface area (Å²) in [4.78, 5) is 14.1. The molecular formula is C12H22N2O2. The van der Waals surface area contributed by atoms with Crippen molar-refractivity contribution in [3.8, 4) is 0 Å². The van der Waals surface area contributed by atoms with Gasteiger partial charge in [0.15, 0.2) is 0 Å². The highest BCUT2D eigenvalue weighted by atomic mass is 16.5. The van der Waals surface area contributed by atoms with E-state index in [0.717, 1.165) is 57.8 Å². The summed E-state index contributed by atoms with van der Waals surface area (Å²) in [6.07, 6.45) is 4.25. The van der Waals surface area contributed by atoms with Gasteiger partial charge in [0.2, 0.25) is 5.91 Å². The topological polar surface area (TPSA) is 55.6 Å². The van der Waals surface area contributed by atoms with Gasteiger partial charge >= 0.3 is 0 Å². The van der Waals surface area contributed by atoms with Gasteiger partial charge in [0.05, 0.1) is 12.5 Å². The second kappa shape index (κ2) is 5.64. The quantitative estimate of drug-likeness (QED) is 0.767. The van der Waals surface area contributed by atoms with Gasteiger partial charge in [-0.1, -0.05) is 0 Å². The number of piperidine rings is 1. The number of carbonyl (C=O) groups excluding carboxylic acids is 1. The van der Waals surface area contributed by atoms with Crippen LogP contribution in [0.4, 0.5) is 0 Å². The van der Waals surface area contributed by atoms with Crippen molar-refractivity contribution in [3.05, 3.63) is 0 Å². The van der Waals surface area contributed by atoms with Crippen LogP contribution in [-0.2, 0) is 9.53 Å². The molecule has 0 spiro atoms. The SMILES string of the molecule is NCCC1CCN(C(=O)C2CCOC2)CC1. The number of amides is 1. The zero-order valence-corrected chi connectivity index (χ0v) is 9.86. The lowest BCUT2D eigenvalue weighted by Gasteiger charge is -2.33. The minimum absolute atomic E-state index is 0.131. The predicted octanol–water partition coefficient (Wildman–Crippen LogP) is 0.610. The van der Waals surface area contributed by atoms with E-state index in [0.29, 0.717) is 12.5 Å². The van der Waals surface area contributed by atoms with Crippen LogP contribution in [0.15, 0.2) is 0 Å². The molecule has 1 atom stereocenters. The summed E-state index contributed by atoms with van der Waals surface area (Å²) in [6.45, 7) is 3.98. The van der Waals surface area contributed by atoms with Crippen molar-refractivity contribution in [1.82, 2.24) is 4.90 Å². The molecule has 0 saturated carbocycles. The first kappa shape index (κ1) is 11.9. The average Bonchev–Trinajstić information content (AvgIpc) is 2.83. The van der Waals surface area contributed by atoms with E-state index < -0.39 is 0 Å². The molecule has 0 aromatic heterocycles. The van der Waals surface area contributed by atoms with Gasteiger partial charge in [0.25, 0.3) is 0 Å². The highest BCUT2D eigenvalue weighted by Crippen LogP contribution is 2.23. The lowest BCUT2D eigenvalue weighted by Crippen LogP contribution is -2.42. The second-order valence-corrected chi connectivity index (χ2v) is 4.91. The first-order valence-electron chi connectivity index (χ1n) is 6.38. The van der Waals surface area contributed by atoms with Crippen molar-refractivity contribution in [2.24, 2.45) is 17.6 Å². The molecule has 2 saturated heterocycles. The van der Waals surface area contributed by atoms with Crippen LogP contribution in [0.3, 0.4) is 0 Å². The maximum absolute atomic E-state index is 12.1. The Hall–Kier alpha value is -0.610. The Morgan fingerprint density at radius 1 is 1.31 bits per heavy atom. The van der Waals surface area contributed by atoms with E-state index in [1.54, 1.807) is 0 Å². The normalized spacial score (nSPS) is 27.3. The average molecular weight is 226 g/mol. The third-order valence-electron chi connectivity index (χ3n) is 3.78. The van der Waals surface area contributed by atoms with Gasteiger partial charge in [-0.25, -0.2) is 0 Å². The summed E-state index contributed by atoms with van der Waals surface area (Å²) in [5.74, 6) is 1.17. The third kappa shape index (κ3) is 2.74. The molecular weight excluding hydrogens is 204 g/mol. The van der Waals surface area contributed by atoms with E-state index >= 15 is 0 Å². The molecule has 1 unspecified atom stereocenters. The fraction of sp³-hybridized carbons (Fsp3) is 0.917. The molecule has 4 heteroatoms. The van der Waals surface area contributed by atoms with Crippen LogP contribution in [0.2, 0.25) is 0 Å². The van der Waals surface area contributed by atoms with Gasteiger partial charge in [0.1, 0.15) is 0 Å². The fourth-order valence-electron chi connectivity index (χ4n) is 2.67. The Morgan fingerprint density at radius 3 is 2.62 bits per heavy atom. The van der Waals surface area contributed by atoms with Crippen LogP contribution in [0.5, 0.6) is 0 Å². The largest absolute Gasteiger partial charge is 0.381 e. The molecule has 0 aromatic rings. The second-order valence-electron chi connectivity index (χ2n) is 4.91. The van der Waals surface area contributed by atoms with Crippen molar-refractivity contribution in [3.63, 3.8) is 0 Å². The Kier molecular flexibility index (Phi) is 4.18. The van der Waals surface area contributed by atoms with Gasteiger partial charge in [-0.2, -0.15) is 0 Å². The predicted molar refractivity (Wildman–Crippen MR) is 61.9 cm³/mol. The van der Waals surface area contributed by atoms with Crippen molar-refractivity contribution in [1.29, 1.82) is 0 Å². The summed E-state index contributed by atoms with van der Waals surface area (Å²) in [7, 11) is 0. The highest BCUT2D eigenvalue weighted by molar-refractivity contribution is 5.79. The zero-order chi connectivity index (χ0) is 11.4. The molecule has 2 aliphatic heterocycles. The number of likely N-dealkylation sites (tertiary alicyclic amines) is 1. The van der Waals surface area contributed by atoms with Crippen LogP contribution < -0.4 is 5.73 Å². The van der Waals surface area contributed by atoms with Crippen LogP contribution in [0.1, 0.15) is 25.7 Å². The molecule has 4 nitrogen and oxygen atoms in total. The fourth-order valence-corrected chi connectivity index (χ4v) is 2.67. The van der Waals surface area contributed by atoms with Crippen molar-refractivity contribution in [2.45, 2.75) is 25.7 Å². The van der Waals surface area contributed by atoms with Crippen LogP contribution in [0, 0.1) is 11.8 Å². The molecule has 16 heavy (non-hydrogen) atoms. The molecule has 2 N–H and O–H groups in total. The van der Waals surface area contributed by atoms with E-state index in [2.05, 4.69) is 0 Å². The summed E-state index contributed by atoms with van der Waals surface area (Å²) in [5.41, 5.74) is 5.56. The van der Waals surface area contributed by atoms with E-state index in [1.807, 2.05) is 4.90 Å². The monoisotopic (exact) mass is 226 g/mol. The first-order valence-corrected chi connectivity index (χ1v) is 6.38. The number of carbonyl (C=O) groups is 1. The van der Waals surface area contributed by atoms with Gasteiger partial charge in [-0.15, -0.1) is 0 Å². The van der Waals surface area contributed by atoms with E-state index in [-0.39, 0.29) is 5.92 Å². The first-order chi connectivity index (χ1) is 7.81. The lowest BCUT2D eigenvalue weighted by atomic mass is 9.93. The zero-order valence-electron chi connectivity index (χ0n) is 9.86. The van der Waals surface area contributed by atoms with Crippen LogP contribution >= 0.6 is 0 Å². The number of rotatable bonds is 3. The maximum atomic E-state index is 12.1. The number of ether oxygens (including phenoxy) is 1. The van der Waals surface area contributed by atoms with Gasteiger partial charge < -0.3 is 15.4 Å². The molecule has 92 valence electrons. The van der Waals surface area contributed by atoms with Crippen molar-refractivity contribution in [2.75, 3.05) is 32.8 Å². The van der Waals surface area contributed by atoms with Crippen LogP contribution in [-0.4, -0.2) is 43.7 Å². The van der Waals surface area contributed by atoms with Gasteiger partial charge in [-0.3, -0.25) is 4.79 Å². The van der Waals surface area contributed by atoms with Crippen molar-refractivity contribution >= 4 is 5.91 Å². The molecule has 0 aromatic carbocycles. The summed E-state index contributed by atoms with van der Waals surface area (Å²) >= 11 is 0. The molecule has 2 rings (SSSR count).